The Morgan fingerprint density at radius 3 is 2.42 bits per heavy atom. The Morgan fingerprint density at radius 1 is 1.32 bits per heavy atom. The van der Waals surface area contributed by atoms with Gasteiger partial charge >= 0.3 is 6.03 Å². The maximum Gasteiger partial charge on any atom is 0.327 e. The molecule has 19 heavy (non-hydrogen) atoms. The van der Waals surface area contributed by atoms with Gasteiger partial charge in [-0.25, -0.2) is 4.79 Å². The topological polar surface area (TPSA) is 86.7 Å². The van der Waals surface area contributed by atoms with E-state index in [0.29, 0.717) is 16.3 Å². The summed E-state index contributed by atoms with van der Waals surface area (Å²) in [5.41, 5.74) is 0.840. The van der Waals surface area contributed by atoms with Gasteiger partial charge in [-0.15, -0.1) is 0 Å². The number of anilines is 1. The Labute approximate surface area is 115 Å². The predicted octanol–water partition coefficient (Wildman–Crippen LogP) is 1.99. The first-order chi connectivity index (χ1) is 8.79. The van der Waals surface area contributed by atoms with E-state index in [0.717, 1.165) is 0 Å². The molecule has 1 unspecified atom stereocenters. The van der Waals surface area contributed by atoms with Crippen LogP contribution in [0.15, 0.2) is 36.0 Å². The first kappa shape index (κ1) is 13.9. The minimum Gasteiger partial charge on any atom is -0.315 e. The molecule has 0 spiro atoms. The molecular formula is C11H11ClN2O4S. The molecule has 1 aromatic rings. The standard InChI is InChI=1S/C11H11ClN2O4S/c1-7-6-14(9-4-2-8(12)3-5-9)11(15)13-10(7)19(16,17)18/h2-6,10H,1H3,(H,13,15)(H,16,17,18). The van der Waals surface area contributed by atoms with Gasteiger partial charge in [0.1, 0.15) is 0 Å². The average molecular weight is 303 g/mol. The van der Waals surface area contributed by atoms with Crippen molar-refractivity contribution in [3.8, 4) is 0 Å². The van der Waals surface area contributed by atoms with E-state index >= 15 is 0 Å². The number of urea groups is 1. The smallest absolute Gasteiger partial charge is 0.315 e. The zero-order chi connectivity index (χ0) is 14.2. The minimum atomic E-state index is -4.37. The molecule has 0 aliphatic carbocycles. The molecule has 0 radical (unpaired) electrons. The van der Waals surface area contributed by atoms with Crippen LogP contribution in [-0.4, -0.2) is 24.4 Å². The molecule has 8 heteroatoms. The van der Waals surface area contributed by atoms with Crippen LogP contribution in [0.4, 0.5) is 10.5 Å². The first-order valence-electron chi connectivity index (χ1n) is 5.29. The first-order valence-corrected chi connectivity index (χ1v) is 7.17. The molecule has 1 heterocycles. The zero-order valence-corrected chi connectivity index (χ0v) is 11.4. The highest BCUT2D eigenvalue weighted by molar-refractivity contribution is 7.86. The van der Waals surface area contributed by atoms with Crippen LogP contribution in [-0.2, 0) is 10.1 Å². The molecule has 2 N–H and O–H groups in total. The maximum absolute atomic E-state index is 11.8. The van der Waals surface area contributed by atoms with E-state index in [1.807, 2.05) is 0 Å². The third-order valence-electron chi connectivity index (χ3n) is 2.62. The fraction of sp³-hybridized carbons (Fsp3) is 0.182. The molecule has 2 rings (SSSR count). The van der Waals surface area contributed by atoms with Crippen LogP contribution >= 0.6 is 11.6 Å². The van der Waals surface area contributed by atoms with Crippen molar-refractivity contribution in [2.45, 2.75) is 12.3 Å². The number of halogens is 1. The van der Waals surface area contributed by atoms with Gasteiger partial charge in [0, 0.05) is 11.2 Å². The van der Waals surface area contributed by atoms with E-state index < -0.39 is 21.5 Å². The number of rotatable bonds is 2. The predicted molar refractivity (Wildman–Crippen MR) is 71.6 cm³/mol. The van der Waals surface area contributed by atoms with Crippen LogP contribution in [0.25, 0.3) is 0 Å². The summed E-state index contributed by atoms with van der Waals surface area (Å²) in [4.78, 5) is 13.1. The maximum atomic E-state index is 11.8. The van der Waals surface area contributed by atoms with Gasteiger partial charge in [0.05, 0.1) is 5.69 Å². The SMILES string of the molecule is CC1=CN(c2ccc(Cl)cc2)C(=O)NC1S(=O)(=O)O. The van der Waals surface area contributed by atoms with Gasteiger partial charge in [-0.3, -0.25) is 9.45 Å². The van der Waals surface area contributed by atoms with E-state index in [-0.39, 0.29) is 0 Å². The van der Waals surface area contributed by atoms with Crippen molar-refractivity contribution < 1.29 is 17.8 Å². The number of nitrogens with one attached hydrogen (secondary N) is 1. The van der Waals surface area contributed by atoms with Gasteiger partial charge in [0.25, 0.3) is 10.1 Å². The molecule has 0 saturated heterocycles. The minimum absolute atomic E-state index is 0.303. The quantitative estimate of drug-likeness (QED) is 0.818. The number of carbonyl (C=O) groups excluding carboxylic acids is 1. The third kappa shape index (κ3) is 2.89. The van der Waals surface area contributed by atoms with Crippen molar-refractivity contribution in [3.05, 3.63) is 41.1 Å². The summed E-state index contributed by atoms with van der Waals surface area (Å²) in [6.45, 7) is 1.50. The molecule has 2 amide bonds. The lowest BCUT2D eigenvalue weighted by Gasteiger charge is -2.29. The van der Waals surface area contributed by atoms with Crippen LogP contribution in [0, 0.1) is 0 Å². The number of amides is 2. The molecule has 1 atom stereocenters. The lowest BCUT2D eigenvalue weighted by Crippen LogP contribution is -2.50. The highest BCUT2D eigenvalue weighted by Gasteiger charge is 2.33. The van der Waals surface area contributed by atoms with Crippen molar-refractivity contribution in [2.24, 2.45) is 0 Å². The highest BCUT2D eigenvalue weighted by Crippen LogP contribution is 2.23. The number of benzene rings is 1. The van der Waals surface area contributed by atoms with Crippen molar-refractivity contribution >= 4 is 33.4 Å². The normalized spacial score (nSPS) is 19.9. The monoisotopic (exact) mass is 302 g/mol. The third-order valence-corrected chi connectivity index (χ3v) is 3.96. The molecule has 0 aromatic heterocycles. The summed E-state index contributed by atoms with van der Waals surface area (Å²) >= 11 is 5.75. The van der Waals surface area contributed by atoms with Crippen molar-refractivity contribution in [1.82, 2.24) is 5.32 Å². The lowest BCUT2D eigenvalue weighted by molar-refractivity contribution is 0.246. The van der Waals surface area contributed by atoms with Gasteiger partial charge in [0.15, 0.2) is 5.37 Å². The van der Waals surface area contributed by atoms with E-state index in [1.54, 1.807) is 24.3 Å². The number of nitrogens with zero attached hydrogens (tertiary/aromatic N) is 1. The van der Waals surface area contributed by atoms with Gasteiger partial charge in [-0.1, -0.05) is 11.6 Å². The molecule has 1 aliphatic rings. The van der Waals surface area contributed by atoms with Crippen molar-refractivity contribution in [1.29, 1.82) is 0 Å². The van der Waals surface area contributed by atoms with Crippen LogP contribution < -0.4 is 10.2 Å². The van der Waals surface area contributed by atoms with Crippen LogP contribution in [0.3, 0.4) is 0 Å². The van der Waals surface area contributed by atoms with E-state index in [4.69, 9.17) is 16.2 Å². The molecule has 1 aliphatic heterocycles. The Bertz CT molecular complexity index is 639. The van der Waals surface area contributed by atoms with E-state index in [9.17, 15) is 13.2 Å². The molecule has 0 fully saturated rings. The summed E-state index contributed by atoms with van der Waals surface area (Å²) in [5, 5.41) is 1.33. The second-order valence-corrected chi connectivity index (χ2v) is 6.00. The summed E-state index contributed by atoms with van der Waals surface area (Å²) < 4.78 is 31.2. The van der Waals surface area contributed by atoms with Gasteiger partial charge in [0.2, 0.25) is 0 Å². The van der Waals surface area contributed by atoms with E-state index in [2.05, 4.69) is 5.32 Å². The summed E-state index contributed by atoms with van der Waals surface area (Å²) in [6, 6.07) is 5.83. The van der Waals surface area contributed by atoms with Crippen molar-refractivity contribution in [3.63, 3.8) is 0 Å². The Kier molecular flexibility index (Phi) is 3.53. The van der Waals surface area contributed by atoms with Gasteiger partial charge in [-0.2, -0.15) is 8.42 Å². The molecule has 1 aromatic carbocycles. The number of carbonyl (C=O) groups is 1. The molecule has 0 bridgehead atoms. The number of hydrogen-bond donors (Lipinski definition) is 2. The second kappa shape index (κ2) is 4.84. The van der Waals surface area contributed by atoms with E-state index in [1.165, 1.54) is 18.0 Å². The second-order valence-electron chi connectivity index (χ2n) is 4.06. The molecule has 102 valence electrons. The Balaban J connectivity index is 2.38. The average Bonchev–Trinajstić information content (AvgIpc) is 2.31. The molecular weight excluding hydrogens is 292 g/mol. The van der Waals surface area contributed by atoms with Crippen molar-refractivity contribution in [2.75, 3.05) is 4.90 Å². The van der Waals surface area contributed by atoms with Crippen LogP contribution in [0.2, 0.25) is 5.02 Å². The fourth-order valence-corrected chi connectivity index (χ4v) is 2.63. The highest BCUT2D eigenvalue weighted by atomic mass is 35.5. The summed E-state index contributed by atoms with van der Waals surface area (Å²) in [7, 11) is -4.37. The van der Waals surface area contributed by atoms with Gasteiger partial charge in [-0.05, 0) is 36.8 Å². The Morgan fingerprint density at radius 2 is 1.89 bits per heavy atom. The zero-order valence-electron chi connectivity index (χ0n) is 9.87. The Hall–Kier alpha value is -1.57. The lowest BCUT2D eigenvalue weighted by atomic mass is 10.2. The van der Waals surface area contributed by atoms with Crippen LogP contribution in [0.1, 0.15) is 6.92 Å². The largest absolute Gasteiger partial charge is 0.327 e. The fourth-order valence-electron chi connectivity index (χ4n) is 1.73. The summed E-state index contributed by atoms with van der Waals surface area (Å²) in [6.07, 6.45) is 1.36. The summed E-state index contributed by atoms with van der Waals surface area (Å²) in [5.74, 6) is 0. The number of hydrogen-bond acceptors (Lipinski definition) is 3. The van der Waals surface area contributed by atoms with Gasteiger partial charge < -0.3 is 5.32 Å². The van der Waals surface area contributed by atoms with Crippen LogP contribution in [0.5, 0.6) is 0 Å². The molecule has 6 nitrogen and oxygen atoms in total. The molecule has 0 saturated carbocycles.